The van der Waals surface area contributed by atoms with E-state index in [0.717, 1.165) is 55.7 Å². The van der Waals surface area contributed by atoms with E-state index in [4.69, 9.17) is 9.47 Å². The highest BCUT2D eigenvalue weighted by Crippen LogP contribution is 2.14. The van der Waals surface area contributed by atoms with Gasteiger partial charge in [0.15, 0.2) is 5.96 Å². The Labute approximate surface area is 185 Å². The van der Waals surface area contributed by atoms with Crippen LogP contribution in [0.1, 0.15) is 31.5 Å². The molecule has 0 saturated heterocycles. The van der Waals surface area contributed by atoms with Crippen LogP contribution in [0.4, 0.5) is 0 Å². The number of rotatable bonds is 11. The largest absolute Gasteiger partial charge is 0.487 e. The van der Waals surface area contributed by atoms with Gasteiger partial charge in [-0.1, -0.05) is 18.2 Å². The zero-order valence-electron chi connectivity index (χ0n) is 16.7. The van der Waals surface area contributed by atoms with Crippen LogP contribution in [0.15, 0.2) is 53.7 Å². The van der Waals surface area contributed by atoms with Crippen LogP contribution in [0.5, 0.6) is 5.75 Å². The van der Waals surface area contributed by atoms with Crippen LogP contribution in [0, 0.1) is 0 Å². The normalized spacial score (nSPS) is 10.9. The zero-order valence-corrected chi connectivity index (χ0v) is 19.0. The van der Waals surface area contributed by atoms with Crippen molar-refractivity contribution in [1.82, 2.24) is 15.6 Å². The number of hydrogen-bond donors (Lipinski definition) is 2. The summed E-state index contributed by atoms with van der Waals surface area (Å²) in [6, 6.07) is 13.8. The standard InChI is InChI=1S/C21H30N4O2.HI/c1-3-22-21(24-14-7-15-26-4-2)25-16-18-9-11-20(12-10-18)27-17-19-8-5-6-13-23-19;/h5-6,8-13H,3-4,7,14-17H2,1-2H3,(H2,22,24,25);1H. The molecule has 0 radical (unpaired) electrons. The molecule has 0 amide bonds. The highest BCUT2D eigenvalue weighted by molar-refractivity contribution is 14.0. The topological polar surface area (TPSA) is 67.8 Å². The van der Waals surface area contributed by atoms with Crippen LogP contribution in [-0.4, -0.2) is 37.2 Å². The SMILES string of the molecule is CCNC(=NCc1ccc(OCc2ccccn2)cc1)NCCCOCC.I. The number of aromatic nitrogens is 1. The Morgan fingerprint density at radius 2 is 1.89 bits per heavy atom. The molecule has 0 unspecified atom stereocenters. The van der Waals surface area contributed by atoms with Crippen molar-refractivity contribution >= 4 is 29.9 Å². The van der Waals surface area contributed by atoms with E-state index in [1.165, 1.54) is 0 Å². The van der Waals surface area contributed by atoms with Gasteiger partial charge < -0.3 is 20.1 Å². The lowest BCUT2D eigenvalue weighted by Crippen LogP contribution is -2.38. The first-order chi connectivity index (χ1) is 13.3. The van der Waals surface area contributed by atoms with Gasteiger partial charge in [0, 0.05) is 32.5 Å². The summed E-state index contributed by atoms with van der Waals surface area (Å²) in [5.74, 6) is 1.65. The third kappa shape index (κ3) is 9.89. The van der Waals surface area contributed by atoms with Crippen molar-refractivity contribution in [3.05, 3.63) is 59.9 Å². The van der Waals surface area contributed by atoms with Crippen molar-refractivity contribution < 1.29 is 9.47 Å². The lowest BCUT2D eigenvalue weighted by atomic mass is 10.2. The lowest BCUT2D eigenvalue weighted by molar-refractivity contribution is 0.145. The molecule has 1 aromatic carbocycles. The molecule has 0 saturated carbocycles. The summed E-state index contributed by atoms with van der Waals surface area (Å²) in [5.41, 5.74) is 2.04. The van der Waals surface area contributed by atoms with Crippen LogP contribution in [0.3, 0.4) is 0 Å². The minimum Gasteiger partial charge on any atom is -0.487 e. The molecule has 0 aliphatic rings. The molecule has 0 fully saturated rings. The second kappa shape index (κ2) is 15.1. The van der Waals surface area contributed by atoms with Crippen LogP contribution in [-0.2, 0) is 17.9 Å². The van der Waals surface area contributed by atoms with Gasteiger partial charge in [-0.05, 0) is 50.1 Å². The first kappa shape index (κ1) is 24.2. The quantitative estimate of drug-likeness (QED) is 0.214. The maximum absolute atomic E-state index is 5.76. The van der Waals surface area contributed by atoms with Crippen molar-refractivity contribution in [1.29, 1.82) is 0 Å². The molecule has 154 valence electrons. The molecule has 0 spiro atoms. The summed E-state index contributed by atoms with van der Waals surface area (Å²) < 4.78 is 11.1. The molecule has 1 aromatic heterocycles. The summed E-state index contributed by atoms with van der Waals surface area (Å²) in [6.07, 6.45) is 2.73. The Kier molecular flexibility index (Phi) is 13.0. The van der Waals surface area contributed by atoms with E-state index in [-0.39, 0.29) is 24.0 Å². The minimum atomic E-state index is 0. The average Bonchev–Trinajstić information content (AvgIpc) is 2.72. The molecule has 2 N–H and O–H groups in total. The van der Waals surface area contributed by atoms with Crippen LogP contribution in [0.2, 0.25) is 0 Å². The Bertz CT molecular complexity index is 666. The van der Waals surface area contributed by atoms with Gasteiger partial charge in [0.25, 0.3) is 0 Å². The molecule has 0 atom stereocenters. The lowest BCUT2D eigenvalue weighted by Gasteiger charge is -2.11. The van der Waals surface area contributed by atoms with E-state index in [1.54, 1.807) is 6.20 Å². The van der Waals surface area contributed by atoms with Crippen LogP contribution in [0.25, 0.3) is 0 Å². The van der Waals surface area contributed by atoms with Gasteiger partial charge >= 0.3 is 0 Å². The van der Waals surface area contributed by atoms with Gasteiger partial charge in [-0.2, -0.15) is 0 Å². The summed E-state index contributed by atoms with van der Waals surface area (Å²) in [5, 5.41) is 6.59. The fourth-order valence-corrected chi connectivity index (χ4v) is 2.37. The van der Waals surface area contributed by atoms with Crippen LogP contribution >= 0.6 is 24.0 Å². The molecule has 1 heterocycles. The van der Waals surface area contributed by atoms with E-state index in [1.807, 2.05) is 49.4 Å². The number of aliphatic imine (C=N–C) groups is 1. The van der Waals surface area contributed by atoms with Gasteiger partial charge in [0.05, 0.1) is 12.2 Å². The van der Waals surface area contributed by atoms with E-state index in [2.05, 4.69) is 27.5 Å². The molecule has 0 aliphatic heterocycles. The molecule has 6 nitrogen and oxygen atoms in total. The summed E-state index contributed by atoms with van der Waals surface area (Å²) in [7, 11) is 0. The third-order valence-corrected chi connectivity index (χ3v) is 3.76. The van der Waals surface area contributed by atoms with E-state index in [9.17, 15) is 0 Å². The Morgan fingerprint density at radius 3 is 2.57 bits per heavy atom. The number of guanidine groups is 1. The summed E-state index contributed by atoms with van der Waals surface area (Å²) in [6.45, 7) is 8.34. The molecule has 7 heteroatoms. The van der Waals surface area contributed by atoms with Gasteiger partial charge in [0.2, 0.25) is 0 Å². The van der Waals surface area contributed by atoms with Gasteiger partial charge in [0.1, 0.15) is 12.4 Å². The highest BCUT2D eigenvalue weighted by atomic mass is 127. The number of ether oxygens (including phenoxy) is 2. The average molecular weight is 498 g/mol. The van der Waals surface area contributed by atoms with Crippen molar-refractivity contribution in [2.75, 3.05) is 26.3 Å². The Balaban J connectivity index is 0.00000392. The van der Waals surface area contributed by atoms with Crippen molar-refractivity contribution in [3.8, 4) is 5.75 Å². The maximum atomic E-state index is 5.76. The van der Waals surface area contributed by atoms with Crippen molar-refractivity contribution in [3.63, 3.8) is 0 Å². The molecule has 2 rings (SSSR count). The first-order valence-corrected chi connectivity index (χ1v) is 9.53. The fourth-order valence-electron chi connectivity index (χ4n) is 2.37. The highest BCUT2D eigenvalue weighted by Gasteiger charge is 2.00. The van der Waals surface area contributed by atoms with E-state index in [0.29, 0.717) is 13.2 Å². The molecular formula is C21H31IN4O2. The van der Waals surface area contributed by atoms with Gasteiger partial charge in [-0.3, -0.25) is 4.98 Å². The first-order valence-electron chi connectivity index (χ1n) is 9.53. The van der Waals surface area contributed by atoms with E-state index < -0.39 is 0 Å². The molecule has 28 heavy (non-hydrogen) atoms. The molecule has 0 aliphatic carbocycles. The number of nitrogens with zero attached hydrogens (tertiary/aromatic N) is 2. The third-order valence-electron chi connectivity index (χ3n) is 3.76. The Morgan fingerprint density at radius 1 is 1.07 bits per heavy atom. The minimum absolute atomic E-state index is 0. The smallest absolute Gasteiger partial charge is 0.191 e. The monoisotopic (exact) mass is 498 g/mol. The van der Waals surface area contributed by atoms with Gasteiger partial charge in [-0.25, -0.2) is 4.99 Å². The predicted molar refractivity (Wildman–Crippen MR) is 124 cm³/mol. The number of hydrogen-bond acceptors (Lipinski definition) is 4. The van der Waals surface area contributed by atoms with Crippen LogP contribution < -0.4 is 15.4 Å². The number of benzene rings is 1. The molecular weight excluding hydrogens is 467 g/mol. The zero-order chi connectivity index (χ0) is 19.2. The van der Waals surface area contributed by atoms with Gasteiger partial charge in [-0.15, -0.1) is 24.0 Å². The van der Waals surface area contributed by atoms with Crippen molar-refractivity contribution in [2.24, 2.45) is 4.99 Å². The Hall–Kier alpha value is -1.87. The predicted octanol–water partition coefficient (Wildman–Crippen LogP) is 3.76. The maximum Gasteiger partial charge on any atom is 0.191 e. The number of pyridine rings is 1. The second-order valence-electron chi connectivity index (χ2n) is 5.93. The summed E-state index contributed by atoms with van der Waals surface area (Å²) >= 11 is 0. The second-order valence-corrected chi connectivity index (χ2v) is 5.93. The van der Waals surface area contributed by atoms with Crippen molar-refractivity contribution in [2.45, 2.75) is 33.4 Å². The summed E-state index contributed by atoms with van der Waals surface area (Å²) in [4.78, 5) is 8.88. The molecule has 2 aromatic rings. The number of halogens is 1. The molecule has 0 bridgehead atoms. The number of nitrogens with one attached hydrogen (secondary N) is 2. The van der Waals surface area contributed by atoms with E-state index >= 15 is 0 Å². The fraction of sp³-hybridized carbons (Fsp3) is 0.429.